The molecule has 0 bridgehead atoms. The summed E-state index contributed by atoms with van der Waals surface area (Å²) in [4.78, 5) is 2.43. The molecular weight excluding hydrogens is 248 g/mol. The minimum absolute atomic E-state index is 0.167. The standard InChI is InChI=1S/C17H38N2O/c1-7-9-11-19(12-13-20)15-17(6,10-8-2)14-18-16(3,4)5/h18,20H,7-15H2,1-6H3. The summed E-state index contributed by atoms with van der Waals surface area (Å²) in [5, 5.41) is 12.9. The topological polar surface area (TPSA) is 35.5 Å². The predicted molar refractivity (Wildman–Crippen MR) is 89.2 cm³/mol. The molecule has 0 aromatic carbocycles. The van der Waals surface area contributed by atoms with E-state index in [1.165, 1.54) is 25.7 Å². The number of hydrogen-bond donors (Lipinski definition) is 2. The van der Waals surface area contributed by atoms with Crippen molar-refractivity contribution in [3.05, 3.63) is 0 Å². The third kappa shape index (κ3) is 9.73. The Hall–Kier alpha value is -0.120. The van der Waals surface area contributed by atoms with Crippen molar-refractivity contribution in [3.63, 3.8) is 0 Å². The fourth-order valence-electron chi connectivity index (χ4n) is 2.64. The molecule has 0 saturated heterocycles. The van der Waals surface area contributed by atoms with Gasteiger partial charge in [-0.2, -0.15) is 0 Å². The van der Waals surface area contributed by atoms with Gasteiger partial charge in [0.05, 0.1) is 6.61 Å². The second-order valence-electron chi connectivity index (χ2n) is 7.52. The van der Waals surface area contributed by atoms with Crippen LogP contribution in [-0.4, -0.2) is 48.3 Å². The van der Waals surface area contributed by atoms with Crippen molar-refractivity contribution in [1.29, 1.82) is 0 Å². The van der Waals surface area contributed by atoms with Gasteiger partial charge in [-0.3, -0.25) is 0 Å². The van der Waals surface area contributed by atoms with E-state index in [-0.39, 0.29) is 17.6 Å². The highest BCUT2D eigenvalue weighted by Gasteiger charge is 2.27. The molecule has 0 spiro atoms. The summed E-state index contributed by atoms with van der Waals surface area (Å²) in [5.41, 5.74) is 0.450. The van der Waals surface area contributed by atoms with Crippen molar-refractivity contribution < 1.29 is 5.11 Å². The Bertz CT molecular complexity index is 238. The van der Waals surface area contributed by atoms with E-state index in [9.17, 15) is 5.11 Å². The van der Waals surface area contributed by atoms with E-state index in [0.29, 0.717) is 0 Å². The van der Waals surface area contributed by atoms with Gasteiger partial charge in [-0.25, -0.2) is 0 Å². The quantitative estimate of drug-likeness (QED) is 0.612. The highest BCUT2D eigenvalue weighted by atomic mass is 16.3. The first kappa shape index (κ1) is 19.9. The minimum Gasteiger partial charge on any atom is -0.395 e. The van der Waals surface area contributed by atoms with Crippen LogP contribution in [0.4, 0.5) is 0 Å². The van der Waals surface area contributed by atoms with E-state index in [1.807, 2.05) is 0 Å². The monoisotopic (exact) mass is 286 g/mol. The van der Waals surface area contributed by atoms with E-state index in [4.69, 9.17) is 0 Å². The van der Waals surface area contributed by atoms with Crippen LogP contribution < -0.4 is 5.32 Å². The molecule has 0 aromatic heterocycles. The van der Waals surface area contributed by atoms with Gasteiger partial charge in [0.15, 0.2) is 0 Å². The first-order valence-corrected chi connectivity index (χ1v) is 8.34. The molecule has 2 N–H and O–H groups in total. The van der Waals surface area contributed by atoms with E-state index in [2.05, 4.69) is 51.8 Å². The first-order valence-electron chi connectivity index (χ1n) is 8.34. The summed E-state index contributed by atoms with van der Waals surface area (Å²) in [6, 6.07) is 0. The van der Waals surface area contributed by atoms with Gasteiger partial charge in [0.25, 0.3) is 0 Å². The van der Waals surface area contributed by atoms with Gasteiger partial charge >= 0.3 is 0 Å². The largest absolute Gasteiger partial charge is 0.395 e. The molecule has 0 rings (SSSR count). The van der Waals surface area contributed by atoms with E-state index in [0.717, 1.165) is 26.2 Å². The smallest absolute Gasteiger partial charge is 0.0558 e. The van der Waals surface area contributed by atoms with Gasteiger partial charge in [0.2, 0.25) is 0 Å². The van der Waals surface area contributed by atoms with Gasteiger partial charge in [-0.1, -0.05) is 33.6 Å². The fourth-order valence-corrected chi connectivity index (χ4v) is 2.64. The maximum Gasteiger partial charge on any atom is 0.0558 e. The van der Waals surface area contributed by atoms with Crippen LogP contribution in [0.15, 0.2) is 0 Å². The van der Waals surface area contributed by atoms with Crippen molar-refractivity contribution in [3.8, 4) is 0 Å². The van der Waals surface area contributed by atoms with Crippen LogP contribution in [-0.2, 0) is 0 Å². The Balaban J connectivity index is 4.58. The summed E-state index contributed by atoms with van der Waals surface area (Å²) in [6.07, 6.45) is 4.87. The molecule has 0 radical (unpaired) electrons. The lowest BCUT2D eigenvalue weighted by Crippen LogP contribution is -2.48. The van der Waals surface area contributed by atoms with Crippen LogP contribution in [0.1, 0.15) is 67.2 Å². The molecule has 1 unspecified atom stereocenters. The van der Waals surface area contributed by atoms with Crippen molar-refractivity contribution in [2.45, 2.75) is 72.8 Å². The Morgan fingerprint density at radius 1 is 1.00 bits per heavy atom. The van der Waals surface area contributed by atoms with Crippen molar-refractivity contribution in [2.24, 2.45) is 5.41 Å². The second kappa shape index (κ2) is 9.75. The van der Waals surface area contributed by atoms with Gasteiger partial charge in [0, 0.05) is 25.2 Å². The number of rotatable bonds is 11. The number of aliphatic hydroxyl groups is 1. The molecule has 1 atom stereocenters. The summed E-state index contributed by atoms with van der Waals surface area (Å²) >= 11 is 0. The molecule has 0 aliphatic carbocycles. The van der Waals surface area contributed by atoms with E-state index >= 15 is 0 Å². The normalized spacial score (nSPS) is 15.6. The number of nitrogens with one attached hydrogen (secondary N) is 1. The zero-order chi connectivity index (χ0) is 15.6. The molecule has 0 saturated carbocycles. The summed E-state index contributed by atoms with van der Waals surface area (Å²) in [7, 11) is 0. The molecule has 3 heteroatoms. The van der Waals surface area contributed by atoms with Gasteiger partial charge in [-0.05, 0) is 45.6 Å². The third-order valence-electron chi connectivity index (χ3n) is 3.75. The van der Waals surface area contributed by atoms with E-state index in [1.54, 1.807) is 0 Å². The summed E-state index contributed by atoms with van der Waals surface area (Å²) in [5.74, 6) is 0. The lowest BCUT2D eigenvalue weighted by molar-refractivity contribution is 0.118. The highest BCUT2D eigenvalue weighted by molar-refractivity contribution is 4.84. The molecule has 0 aliphatic heterocycles. The van der Waals surface area contributed by atoms with Gasteiger partial charge in [-0.15, -0.1) is 0 Å². The van der Waals surface area contributed by atoms with Gasteiger partial charge < -0.3 is 15.3 Å². The van der Waals surface area contributed by atoms with Crippen LogP contribution >= 0.6 is 0 Å². The minimum atomic E-state index is 0.167. The van der Waals surface area contributed by atoms with Crippen LogP contribution in [0.3, 0.4) is 0 Å². The van der Waals surface area contributed by atoms with Gasteiger partial charge in [0.1, 0.15) is 0 Å². The first-order chi connectivity index (χ1) is 9.26. The average molecular weight is 287 g/mol. The maximum atomic E-state index is 9.26. The zero-order valence-corrected chi connectivity index (χ0v) is 14.8. The average Bonchev–Trinajstić information content (AvgIpc) is 2.33. The number of hydrogen-bond acceptors (Lipinski definition) is 3. The molecule has 3 nitrogen and oxygen atoms in total. The summed E-state index contributed by atoms with van der Waals surface area (Å²) < 4.78 is 0. The molecule has 0 aromatic rings. The Morgan fingerprint density at radius 2 is 1.65 bits per heavy atom. The number of aliphatic hydroxyl groups excluding tert-OH is 1. The Kier molecular flexibility index (Phi) is 9.69. The van der Waals surface area contributed by atoms with Crippen LogP contribution in [0, 0.1) is 5.41 Å². The molecule has 0 fully saturated rings. The van der Waals surface area contributed by atoms with Crippen molar-refractivity contribution in [2.75, 3.05) is 32.8 Å². The van der Waals surface area contributed by atoms with Crippen molar-refractivity contribution in [1.82, 2.24) is 10.2 Å². The SMILES string of the molecule is CCCCN(CCO)CC(C)(CCC)CNC(C)(C)C. The highest BCUT2D eigenvalue weighted by Crippen LogP contribution is 2.25. The number of unbranched alkanes of at least 4 members (excludes halogenated alkanes) is 1. The zero-order valence-electron chi connectivity index (χ0n) is 14.8. The Labute approximate surface area is 127 Å². The van der Waals surface area contributed by atoms with Crippen LogP contribution in [0.2, 0.25) is 0 Å². The lowest BCUT2D eigenvalue weighted by atomic mass is 9.84. The fraction of sp³-hybridized carbons (Fsp3) is 1.00. The lowest BCUT2D eigenvalue weighted by Gasteiger charge is -2.38. The molecule has 0 amide bonds. The third-order valence-corrected chi connectivity index (χ3v) is 3.75. The second-order valence-corrected chi connectivity index (χ2v) is 7.52. The van der Waals surface area contributed by atoms with Crippen LogP contribution in [0.5, 0.6) is 0 Å². The summed E-state index contributed by atoms with van der Waals surface area (Å²) in [6.45, 7) is 17.8. The molecular formula is C17H38N2O. The van der Waals surface area contributed by atoms with Crippen LogP contribution in [0.25, 0.3) is 0 Å². The molecule has 20 heavy (non-hydrogen) atoms. The molecule has 0 heterocycles. The maximum absolute atomic E-state index is 9.26. The molecule has 0 aliphatic rings. The molecule has 122 valence electrons. The Morgan fingerprint density at radius 3 is 2.10 bits per heavy atom. The number of nitrogens with zero attached hydrogens (tertiary/aromatic N) is 1. The van der Waals surface area contributed by atoms with E-state index < -0.39 is 0 Å². The van der Waals surface area contributed by atoms with Crippen molar-refractivity contribution >= 4 is 0 Å². The predicted octanol–water partition coefficient (Wildman–Crippen LogP) is 3.28.